The highest BCUT2D eigenvalue weighted by Crippen LogP contribution is 2.35. The molecular formula is C19H17NO3. The van der Waals surface area contributed by atoms with Crippen LogP contribution in [-0.2, 0) is 16.1 Å². The van der Waals surface area contributed by atoms with E-state index in [9.17, 15) is 9.59 Å². The second-order valence-electron chi connectivity index (χ2n) is 5.33. The molecule has 3 rings (SSSR count). The highest BCUT2D eigenvalue weighted by atomic mass is 16.5. The molecule has 0 spiro atoms. The summed E-state index contributed by atoms with van der Waals surface area (Å²) < 4.78 is 4.65. The van der Waals surface area contributed by atoms with Crippen molar-refractivity contribution in [1.29, 1.82) is 0 Å². The van der Waals surface area contributed by atoms with Crippen LogP contribution in [0, 0.1) is 0 Å². The van der Waals surface area contributed by atoms with Crippen LogP contribution in [0.15, 0.2) is 66.7 Å². The van der Waals surface area contributed by atoms with E-state index in [4.69, 9.17) is 0 Å². The number of methoxy groups -OCH3 is 1. The number of hydrogen-bond acceptors (Lipinski definition) is 3. The number of benzene rings is 2. The number of esters is 1. The third-order valence-electron chi connectivity index (χ3n) is 3.92. The van der Waals surface area contributed by atoms with E-state index in [1.54, 1.807) is 11.0 Å². The van der Waals surface area contributed by atoms with Gasteiger partial charge in [-0.2, -0.15) is 0 Å². The highest BCUT2D eigenvalue weighted by Gasteiger charge is 2.34. The Morgan fingerprint density at radius 1 is 1.13 bits per heavy atom. The molecule has 2 aromatic carbocycles. The van der Waals surface area contributed by atoms with Gasteiger partial charge in [0.25, 0.3) is 5.91 Å². The minimum atomic E-state index is -0.429. The lowest BCUT2D eigenvalue weighted by Gasteiger charge is -2.23. The van der Waals surface area contributed by atoms with Gasteiger partial charge in [-0.25, -0.2) is 4.79 Å². The van der Waals surface area contributed by atoms with Gasteiger partial charge in [-0.1, -0.05) is 54.6 Å². The number of amides is 1. The van der Waals surface area contributed by atoms with E-state index in [0.717, 1.165) is 11.1 Å². The smallest absolute Gasteiger partial charge is 0.330 e. The molecule has 1 amide bonds. The van der Waals surface area contributed by atoms with Crippen molar-refractivity contribution in [3.05, 3.63) is 83.4 Å². The van der Waals surface area contributed by atoms with Crippen molar-refractivity contribution in [3.8, 4) is 0 Å². The summed E-state index contributed by atoms with van der Waals surface area (Å²) in [6.07, 6.45) is 3.09. The average Bonchev–Trinajstić information content (AvgIpc) is 2.86. The topological polar surface area (TPSA) is 46.6 Å². The van der Waals surface area contributed by atoms with Crippen LogP contribution in [0.5, 0.6) is 0 Å². The Hall–Kier alpha value is -2.88. The summed E-state index contributed by atoms with van der Waals surface area (Å²) in [5.41, 5.74) is 2.64. The van der Waals surface area contributed by atoms with Gasteiger partial charge in [0, 0.05) is 18.2 Å². The van der Waals surface area contributed by atoms with Gasteiger partial charge in [0.2, 0.25) is 0 Å². The molecule has 23 heavy (non-hydrogen) atoms. The summed E-state index contributed by atoms with van der Waals surface area (Å²) in [5.74, 6) is -0.453. The summed E-state index contributed by atoms with van der Waals surface area (Å²) in [7, 11) is 1.34. The van der Waals surface area contributed by atoms with E-state index < -0.39 is 5.97 Å². The van der Waals surface area contributed by atoms with Gasteiger partial charge in [0.15, 0.2) is 0 Å². The molecule has 0 radical (unpaired) electrons. The van der Waals surface area contributed by atoms with Crippen molar-refractivity contribution < 1.29 is 14.3 Å². The Kier molecular flexibility index (Phi) is 4.24. The van der Waals surface area contributed by atoms with Crippen LogP contribution in [0.1, 0.15) is 27.5 Å². The van der Waals surface area contributed by atoms with Crippen LogP contribution < -0.4 is 0 Å². The van der Waals surface area contributed by atoms with Crippen LogP contribution in [0.3, 0.4) is 0 Å². The number of carbonyl (C=O) groups excluding carboxylic acids is 2. The second kappa shape index (κ2) is 6.48. The van der Waals surface area contributed by atoms with E-state index in [-0.39, 0.29) is 11.9 Å². The van der Waals surface area contributed by atoms with E-state index in [2.05, 4.69) is 4.74 Å². The number of carbonyl (C=O) groups is 2. The van der Waals surface area contributed by atoms with Crippen LogP contribution >= 0.6 is 0 Å². The zero-order valence-corrected chi connectivity index (χ0v) is 12.8. The standard InChI is InChI=1S/C19H17NO3/c1-23-18(21)12-11-17-15-9-5-6-10-16(15)19(22)20(17)13-14-7-3-2-4-8-14/h2-12,17H,13H2,1H3/b12-11+. The minimum Gasteiger partial charge on any atom is -0.466 e. The van der Waals surface area contributed by atoms with Crippen molar-refractivity contribution in [2.24, 2.45) is 0 Å². The molecule has 1 aliphatic rings. The lowest BCUT2D eigenvalue weighted by Crippen LogP contribution is -2.26. The lowest BCUT2D eigenvalue weighted by molar-refractivity contribution is -0.134. The number of nitrogens with zero attached hydrogens (tertiary/aromatic N) is 1. The maximum Gasteiger partial charge on any atom is 0.330 e. The summed E-state index contributed by atoms with van der Waals surface area (Å²) in [6, 6.07) is 17.0. The average molecular weight is 307 g/mol. The number of hydrogen-bond donors (Lipinski definition) is 0. The minimum absolute atomic E-state index is 0.0241. The van der Waals surface area contributed by atoms with Gasteiger partial charge in [0.05, 0.1) is 13.2 Å². The van der Waals surface area contributed by atoms with E-state index in [0.29, 0.717) is 12.1 Å². The van der Waals surface area contributed by atoms with Crippen molar-refractivity contribution in [2.45, 2.75) is 12.6 Å². The molecule has 2 aromatic rings. The van der Waals surface area contributed by atoms with Gasteiger partial charge in [-0.15, -0.1) is 0 Å². The first-order valence-corrected chi connectivity index (χ1v) is 7.40. The molecule has 0 N–H and O–H groups in total. The van der Waals surface area contributed by atoms with E-state index in [1.165, 1.54) is 13.2 Å². The molecule has 1 aliphatic heterocycles. The second-order valence-corrected chi connectivity index (χ2v) is 5.33. The van der Waals surface area contributed by atoms with Crippen molar-refractivity contribution in [1.82, 2.24) is 4.90 Å². The highest BCUT2D eigenvalue weighted by molar-refractivity contribution is 5.99. The summed E-state index contributed by atoms with van der Waals surface area (Å²) in [6.45, 7) is 0.491. The number of rotatable bonds is 4. The third-order valence-corrected chi connectivity index (χ3v) is 3.92. The van der Waals surface area contributed by atoms with Crippen molar-refractivity contribution in [2.75, 3.05) is 7.11 Å². The maximum atomic E-state index is 12.7. The SMILES string of the molecule is COC(=O)/C=C/C1c2ccccc2C(=O)N1Cc1ccccc1. The molecule has 116 valence electrons. The normalized spacial score (nSPS) is 16.7. The number of ether oxygens (including phenoxy) is 1. The molecule has 1 heterocycles. The van der Waals surface area contributed by atoms with Crippen LogP contribution in [-0.4, -0.2) is 23.9 Å². The van der Waals surface area contributed by atoms with Gasteiger partial charge in [-0.3, -0.25) is 4.79 Å². The molecule has 4 heteroatoms. The molecule has 4 nitrogen and oxygen atoms in total. The Morgan fingerprint density at radius 3 is 2.57 bits per heavy atom. The molecule has 0 saturated carbocycles. The molecular weight excluding hydrogens is 290 g/mol. The van der Waals surface area contributed by atoms with Gasteiger partial charge in [0.1, 0.15) is 0 Å². The van der Waals surface area contributed by atoms with Crippen LogP contribution in [0.2, 0.25) is 0 Å². The fraction of sp³-hybridized carbons (Fsp3) is 0.158. The third kappa shape index (κ3) is 3.01. The van der Waals surface area contributed by atoms with Gasteiger partial charge in [-0.05, 0) is 17.2 Å². The van der Waals surface area contributed by atoms with E-state index in [1.807, 2.05) is 54.6 Å². The first-order chi connectivity index (χ1) is 11.2. The first-order valence-electron chi connectivity index (χ1n) is 7.40. The van der Waals surface area contributed by atoms with Crippen molar-refractivity contribution >= 4 is 11.9 Å². The Labute approximate surface area is 135 Å². The Balaban J connectivity index is 1.94. The predicted octanol–water partition coefficient (Wildman–Crippen LogP) is 3.11. The molecule has 0 aliphatic carbocycles. The van der Waals surface area contributed by atoms with E-state index >= 15 is 0 Å². The van der Waals surface area contributed by atoms with Gasteiger partial charge >= 0.3 is 5.97 Å². The fourth-order valence-corrected chi connectivity index (χ4v) is 2.79. The zero-order chi connectivity index (χ0) is 16.2. The largest absolute Gasteiger partial charge is 0.466 e. The molecule has 0 bridgehead atoms. The number of fused-ring (bicyclic) bond motifs is 1. The summed E-state index contributed by atoms with van der Waals surface area (Å²) in [4.78, 5) is 25.9. The quantitative estimate of drug-likeness (QED) is 0.644. The monoisotopic (exact) mass is 307 g/mol. The molecule has 0 fully saturated rings. The van der Waals surface area contributed by atoms with Crippen LogP contribution in [0.25, 0.3) is 0 Å². The molecule has 1 atom stereocenters. The predicted molar refractivity (Wildman–Crippen MR) is 86.7 cm³/mol. The summed E-state index contributed by atoms with van der Waals surface area (Å²) in [5, 5.41) is 0. The Bertz CT molecular complexity index is 752. The molecule has 0 aromatic heterocycles. The fourth-order valence-electron chi connectivity index (χ4n) is 2.79. The first kappa shape index (κ1) is 15.0. The molecule has 0 saturated heterocycles. The lowest BCUT2D eigenvalue weighted by atomic mass is 10.0. The Morgan fingerprint density at radius 2 is 1.83 bits per heavy atom. The molecule has 1 unspecified atom stereocenters. The van der Waals surface area contributed by atoms with Crippen molar-refractivity contribution in [3.63, 3.8) is 0 Å². The van der Waals surface area contributed by atoms with Gasteiger partial charge < -0.3 is 9.64 Å². The summed E-state index contributed by atoms with van der Waals surface area (Å²) >= 11 is 0. The zero-order valence-electron chi connectivity index (χ0n) is 12.8. The maximum absolute atomic E-state index is 12.7. The van der Waals surface area contributed by atoms with Crippen LogP contribution in [0.4, 0.5) is 0 Å².